The minimum atomic E-state index is -3.55. The van der Waals surface area contributed by atoms with Gasteiger partial charge in [-0.1, -0.05) is 0 Å². The molecular formula is C12H15NO3S3. The molecule has 2 heterocycles. The number of thiophene rings is 2. The summed E-state index contributed by atoms with van der Waals surface area (Å²) in [6.07, 6.45) is -0.818. The number of aliphatic hydroxyl groups is 1. The Balaban J connectivity index is 2.08. The van der Waals surface area contributed by atoms with E-state index in [4.69, 9.17) is 0 Å². The van der Waals surface area contributed by atoms with Crippen molar-refractivity contribution in [3.8, 4) is 0 Å². The van der Waals surface area contributed by atoms with E-state index in [1.54, 1.807) is 24.4 Å². The molecule has 0 aliphatic heterocycles. The van der Waals surface area contributed by atoms with Crippen LogP contribution in [0.2, 0.25) is 0 Å². The maximum absolute atomic E-state index is 12.1. The lowest BCUT2D eigenvalue weighted by atomic mass is 10.2. The van der Waals surface area contributed by atoms with Gasteiger partial charge in [0.05, 0.1) is 11.0 Å². The van der Waals surface area contributed by atoms with E-state index < -0.39 is 16.1 Å². The van der Waals surface area contributed by atoms with Crippen LogP contribution in [0.5, 0.6) is 0 Å². The van der Waals surface area contributed by atoms with E-state index in [1.165, 1.54) is 22.7 Å². The molecular weight excluding hydrogens is 302 g/mol. The number of sulfonamides is 1. The Labute approximate surface area is 120 Å². The quantitative estimate of drug-likeness (QED) is 0.890. The van der Waals surface area contributed by atoms with Crippen molar-refractivity contribution in [3.05, 3.63) is 38.2 Å². The molecule has 0 amide bonds. The second-order valence-corrected chi connectivity index (χ2v) is 8.18. The smallest absolute Gasteiger partial charge is 0.241 e. The summed E-state index contributed by atoms with van der Waals surface area (Å²) in [6, 6.07) is 3.43. The minimum Gasteiger partial charge on any atom is -0.387 e. The van der Waals surface area contributed by atoms with E-state index >= 15 is 0 Å². The Bertz CT molecular complexity index is 644. The Morgan fingerprint density at radius 2 is 2.16 bits per heavy atom. The average Bonchev–Trinajstić information content (AvgIpc) is 2.96. The predicted molar refractivity (Wildman–Crippen MR) is 78.3 cm³/mol. The molecule has 104 valence electrons. The molecule has 0 fully saturated rings. The summed E-state index contributed by atoms with van der Waals surface area (Å²) < 4.78 is 26.7. The molecule has 0 aliphatic rings. The van der Waals surface area contributed by atoms with Gasteiger partial charge < -0.3 is 5.11 Å². The fourth-order valence-electron chi connectivity index (χ4n) is 1.72. The molecule has 0 aliphatic carbocycles. The highest BCUT2D eigenvalue weighted by atomic mass is 32.2. The van der Waals surface area contributed by atoms with Gasteiger partial charge in [0.2, 0.25) is 10.0 Å². The lowest BCUT2D eigenvalue weighted by molar-refractivity contribution is 0.182. The maximum atomic E-state index is 12.1. The van der Waals surface area contributed by atoms with E-state index in [1.807, 2.05) is 12.3 Å². The van der Waals surface area contributed by atoms with Crippen molar-refractivity contribution in [1.29, 1.82) is 0 Å². The van der Waals surface area contributed by atoms with Crippen LogP contribution in [0, 0.1) is 13.8 Å². The van der Waals surface area contributed by atoms with Gasteiger partial charge in [-0.2, -0.15) is 11.3 Å². The second kappa shape index (κ2) is 5.72. The van der Waals surface area contributed by atoms with E-state index in [0.29, 0.717) is 4.90 Å². The van der Waals surface area contributed by atoms with Crippen molar-refractivity contribution in [3.63, 3.8) is 0 Å². The molecule has 19 heavy (non-hydrogen) atoms. The number of aliphatic hydroxyl groups excluding tert-OH is 1. The molecule has 2 aromatic heterocycles. The molecule has 0 saturated heterocycles. The first-order chi connectivity index (χ1) is 8.90. The molecule has 0 spiro atoms. The van der Waals surface area contributed by atoms with Gasteiger partial charge in [-0.05, 0) is 42.3 Å². The molecule has 0 radical (unpaired) electrons. The molecule has 7 heteroatoms. The van der Waals surface area contributed by atoms with Crippen molar-refractivity contribution < 1.29 is 13.5 Å². The fraction of sp³-hybridized carbons (Fsp3) is 0.333. The van der Waals surface area contributed by atoms with Gasteiger partial charge in [0.25, 0.3) is 0 Å². The van der Waals surface area contributed by atoms with Gasteiger partial charge >= 0.3 is 0 Å². The summed E-state index contributed by atoms with van der Waals surface area (Å²) in [5.41, 5.74) is 0.728. The summed E-state index contributed by atoms with van der Waals surface area (Å²) in [7, 11) is -3.55. The largest absolute Gasteiger partial charge is 0.387 e. The van der Waals surface area contributed by atoms with Crippen LogP contribution in [0.1, 0.15) is 21.4 Å². The van der Waals surface area contributed by atoms with Crippen molar-refractivity contribution in [2.75, 3.05) is 6.54 Å². The first-order valence-electron chi connectivity index (χ1n) is 5.67. The average molecular weight is 317 g/mol. The molecule has 0 bridgehead atoms. The third-order valence-electron chi connectivity index (χ3n) is 2.68. The fourth-order valence-corrected chi connectivity index (χ4v) is 5.02. The van der Waals surface area contributed by atoms with Crippen LogP contribution in [-0.4, -0.2) is 20.1 Å². The summed E-state index contributed by atoms with van der Waals surface area (Å²) in [4.78, 5) is 2.01. The first kappa shape index (κ1) is 14.7. The third-order valence-corrected chi connectivity index (χ3v) is 6.03. The molecule has 2 aromatic rings. The van der Waals surface area contributed by atoms with E-state index in [2.05, 4.69) is 4.72 Å². The summed E-state index contributed by atoms with van der Waals surface area (Å²) >= 11 is 2.92. The van der Waals surface area contributed by atoms with Crippen LogP contribution in [0.25, 0.3) is 0 Å². The monoisotopic (exact) mass is 317 g/mol. The summed E-state index contributed by atoms with van der Waals surface area (Å²) in [6.45, 7) is 3.63. The topological polar surface area (TPSA) is 66.4 Å². The predicted octanol–water partition coefficient (Wildman–Crippen LogP) is 2.44. The van der Waals surface area contributed by atoms with Crippen molar-refractivity contribution in [2.45, 2.75) is 24.8 Å². The van der Waals surface area contributed by atoms with Gasteiger partial charge in [0.1, 0.15) is 0 Å². The highest BCUT2D eigenvalue weighted by Gasteiger charge is 2.20. The van der Waals surface area contributed by atoms with Gasteiger partial charge in [-0.15, -0.1) is 11.3 Å². The molecule has 4 nitrogen and oxygen atoms in total. The molecule has 1 unspecified atom stereocenters. The normalized spacial score (nSPS) is 13.6. The van der Waals surface area contributed by atoms with Gasteiger partial charge in [-0.25, -0.2) is 13.1 Å². The first-order valence-corrected chi connectivity index (χ1v) is 8.91. The SMILES string of the molecule is Cc1cc(S(=O)(=O)NCC(O)c2ccsc2)c(C)s1. The van der Waals surface area contributed by atoms with Crippen LogP contribution in [-0.2, 0) is 10.0 Å². The van der Waals surface area contributed by atoms with Crippen LogP contribution < -0.4 is 4.72 Å². The molecule has 0 aromatic carbocycles. The molecule has 2 N–H and O–H groups in total. The third kappa shape index (κ3) is 3.43. The number of rotatable bonds is 5. The van der Waals surface area contributed by atoms with Crippen LogP contribution >= 0.6 is 22.7 Å². The van der Waals surface area contributed by atoms with Gasteiger partial charge in [0, 0.05) is 16.3 Å². The Hall–Kier alpha value is -0.730. The van der Waals surface area contributed by atoms with Gasteiger partial charge in [-0.3, -0.25) is 0 Å². The lowest BCUT2D eigenvalue weighted by Crippen LogP contribution is -2.28. The zero-order chi connectivity index (χ0) is 14.0. The van der Waals surface area contributed by atoms with Crippen molar-refractivity contribution in [2.24, 2.45) is 0 Å². The van der Waals surface area contributed by atoms with Gasteiger partial charge in [0.15, 0.2) is 0 Å². The van der Waals surface area contributed by atoms with Crippen LogP contribution in [0.3, 0.4) is 0 Å². The molecule has 2 rings (SSSR count). The van der Waals surface area contributed by atoms with Crippen molar-refractivity contribution >= 4 is 32.7 Å². The number of aryl methyl sites for hydroxylation is 2. The van der Waals surface area contributed by atoms with E-state index in [9.17, 15) is 13.5 Å². The zero-order valence-electron chi connectivity index (χ0n) is 10.6. The summed E-state index contributed by atoms with van der Waals surface area (Å²) in [5.74, 6) is 0. The Kier molecular flexibility index (Phi) is 4.42. The molecule has 0 saturated carbocycles. The number of hydrogen-bond donors (Lipinski definition) is 2. The van der Waals surface area contributed by atoms with Crippen LogP contribution in [0.15, 0.2) is 27.8 Å². The van der Waals surface area contributed by atoms with E-state index in [-0.39, 0.29) is 6.54 Å². The summed E-state index contributed by atoms with van der Waals surface area (Å²) in [5, 5.41) is 13.5. The zero-order valence-corrected chi connectivity index (χ0v) is 13.0. The second-order valence-electron chi connectivity index (χ2n) is 4.20. The Morgan fingerprint density at radius 3 is 2.68 bits per heavy atom. The minimum absolute atomic E-state index is 0.0204. The van der Waals surface area contributed by atoms with Crippen molar-refractivity contribution in [1.82, 2.24) is 4.72 Å². The molecule has 1 atom stereocenters. The lowest BCUT2D eigenvalue weighted by Gasteiger charge is -2.10. The van der Waals surface area contributed by atoms with E-state index in [0.717, 1.165) is 15.3 Å². The number of nitrogens with one attached hydrogen (secondary N) is 1. The highest BCUT2D eigenvalue weighted by Crippen LogP contribution is 2.25. The Morgan fingerprint density at radius 1 is 1.42 bits per heavy atom. The van der Waals surface area contributed by atoms with Crippen LogP contribution in [0.4, 0.5) is 0 Å². The number of hydrogen-bond acceptors (Lipinski definition) is 5. The highest BCUT2D eigenvalue weighted by molar-refractivity contribution is 7.89. The maximum Gasteiger partial charge on any atom is 0.241 e. The standard InChI is InChI=1S/C12H15NO3S3/c1-8-5-12(9(2)18-8)19(15,16)13-6-11(14)10-3-4-17-7-10/h3-5,7,11,13-14H,6H2,1-2H3.